The van der Waals surface area contributed by atoms with Crippen LogP contribution in [0.1, 0.15) is 38.2 Å². The van der Waals surface area contributed by atoms with Gasteiger partial charge in [-0.25, -0.2) is 13.1 Å². The summed E-state index contributed by atoms with van der Waals surface area (Å²) in [5.74, 6) is -0.0879. The fourth-order valence-electron chi connectivity index (χ4n) is 1.84. The molecule has 0 unspecified atom stereocenters. The Hall–Kier alpha value is -1.40. The summed E-state index contributed by atoms with van der Waals surface area (Å²) < 4.78 is 26.0. The number of hydrogen-bond donors (Lipinski definition) is 2. The second-order valence-electron chi connectivity index (χ2n) is 4.69. The van der Waals surface area contributed by atoms with Gasteiger partial charge in [-0.1, -0.05) is 25.8 Å². The highest BCUT2D eigenvalue weighted by atomic mass is 32.2. The predicted octanol–water partition coefficient (Wildman–Crippen LogP) is 2.42. The molecular formula is C14H22N2O3S. The lowest BCUT2D eigenvalue weighted by atomic mass is 10.2. The zero-order valence-electron chi connectivity index (χ0n) is 12.2. The number of nitrogens with one attached hydrogen (secondary N) is 2. The van der Waals surface area contributed by atoms with E-state index in [1.807, 2.05) is 0 Å². The zero-order valence-corrected chi connectivity index (χ0v) is 13.0. The number of carbonyl (C=O) groups is 1. The van der Waals surface area contributed by atoms with Crippen LogP contribution in [0.5, 0.6) is 0 Å². The van der Waals surface area contributed by atoms with Crippen LogP contribution < -0.4 is 10.0 Å². The Morgan fingerprint density at radius 1 is 1.25 bits per heavy atom. The molecule has 0 saturated carbocycles. The summed E-state index contributed by atoms with van der Waals surface area (Å²) >= 11 is 0. The molecule has 1 amide bonds. The van der Waals surface area contributed by atoms with Crippen molar-refractivity contribution < 1.29 is 13.2 Å². The fourth-order valence-corrected chi connectivity index (χ4v) is 2.83. The minimum Gasteiger partial charge on any atom is -0.326 e. The molecule has 112 valence electrons. The molecule has 1 aromatic rings. The van der Waals surface area contributed by atoms with Gasteiger partial charge in [-0.3, -0.25) is 4.79 Å². The van der Waals surface area contributed by atoms with Gasteiger partial charge in [-0.05, 0) is 38.1 Å². The molecule has 0 aromatic heterocycles. The largest absolute Gasteiger partial charge is 0.326 e. The topological polar surface area (TPSA) is 75.3 Å². The van der Waals surface area contributed by atoms with Crippen LogP contribution in [0.3, 0.4) is 0 Å². The standard InChI is InChI=1S/C14H22N2O3S/c1-4-5-6-7-14(17)16-12-9-8-11(2)13(10-12)20(18,19)15-3/h8-10,15H,4-7H2,1-3H3,(H,16,17). The zero-order chi connectivity index (χ0) is 15.2. The summed E-state index contributed by atoms with van der Waals surface area (Å²) in [6.45, 7) is 3.80. The van der Waals surface area contributed by atoms with Gasteiger partial charge in [0.1, 0.15) is 0 Å². The van der Waals surface area contributed by atoms with Crippen LogP contribution in [0.2, 0.25) is 0 Å². The van der Waals surface area contributed by atoms with Gasteiger partial charge in [0.2, 0.25) is 15.9 Å². The highest BCUT2D eigenvalue weighted by Crippen LogP contribution is 2.20. The van der Waals surface area contributed by atoms with Crippen molar-refractivity contribution in [2.45, 2.75) is 44.4 Å². The van der Waals surface area contributed by atoms with Gasteiger partial charge >= 0.3 is 0 Å². The minimum absolute atomic E-state index is 0.0879. The highest BCUT2D eigenvalue weighted by Gasteiger charge is 2.15. The maximum Gasteiger partial charge on any atom is 0.240 e. The van der Waals surface area contributed by atoms with E-state index in [2.05, 4.69) is 17.0 Å². The number of carbonyl (C=O) groups excluding carboxylic acids is 1. The number of amides is 1. The number of anilines is 1. The van der Waals surface area contributed by atoms with Crippen LogP contribution >= 0.6 is 0 Å². The van der Waals surface area contributed by atoms with E-state index in [4.69, 9.17) is 0 Å². The number of sulfonamides is 1. The van der Waals surface area contributed by atoms with Crippen LogP contribution in [-0.2, 0) is 14.8 Å². The molecule has 0 spiro atoms. The van der Waals surface area contributed by atoms with Gasteiger partial charge < -0.3 is 5.32 Å². The van der Waals surface area contributed by atoms with Crippen molar-refractivity contribution in [2.24, 2.45) is 0 Å². The maximum atomic E-state index is 11.8. The van der Waals surface area contributed by atoms with Gasteiger partial charge in [0.05, 0.1) is 4.90 Å². The molecule has 0 saturated heterocycles. The van der Waals surface area contributed by atoms with E-state index in [1.165, 1.54) is 13.1 Å². The summed E-state index contributed by atoms with van der Waals surface area (Å²) in [5, 5.41) is 2.73. The average Bonchev–Trinajstić information content (AvgIpc) is 2.41. The van der Waals surface area contributed by atoms with Gasteiger partial charge in [0, 0.05) is 12.1 Å². The second kappa shape index (κ2) is 7.40. The van der Waals surface area contributed by atoms with Crippen LogP contribution in [0.4, 0.5) is 5.69 Å². The first-order chi connectivity index (χ1) is 9.40. The van der Waals surface area contributed by atoms with E-state index in [1.54, 1.807) is 19.1 Å². The van der Waals surface area contributed by atoms with E-state index in [0.29, 0.717) is 17.7 Å². The summed E-state index contributed by atoms with van der Waals surface area (Å²) in [6, 6.07) is 4.88. The lowest BCUT2D eigenvalue weighted by Crippen LogP contribution is -2.20. The molecule has 6 heteroatoms. The first-order valence-electron chi connectivity index (χ1n) is 6.74. The Morgan fingerprint density at radius 2 is 1.95 bits per heavy atom. The first-order valence-corrected chi connectivity index (χ1v) is 8.23. The lowest BCUT2D eigenvalue weighted by molar-refractivity contribution is -0.116. The third-order valence-electron chi connectivity index (χ3n) is 3.04. The van der Waals surface area contributed by atoms with E-state index in [9.17, 15) is 13.2 Å². The van der Waals surface area contributed by atoms with Gasteiger partial charge in [0.25, 0.3) is 0 Å². The van der Waals surface area contributed by atoms with E-state index < -0.39 is 10.0 Å². The molecule has 1 rings (SSSR count). The summed E-state index contributed by atoms with van der Waals surface area (Å²) in [5.41, 5.74) is 1.15. The molecule has 0 fully saturated rings. The Kier molecular flexibility index (Phi) is 6.16. The van der Waals surface area contributed by atoms with Crippen LogP contribution in [0.25, 0.3) is 0 Å². The van der Waals surface area contributed by atoms with Gasteiger partial charge in [-0.2, -0.15) is 0 Å². The van der Waals surface area contributed by atoms with Crippen LogP contribution in [0.15, 0.2) is 23.1 Å². The van der Waals surface area contributed by atoms with Crippen molar-refractivity contribution in [3.63, 3.8) is 0 Å². The van der Waals surface area contributed by atoms with Crippen LogP contribution in [0, 0.1) is 6.92 Å². The van der Waals surface area contributed by atoms with Crippen molar-refractivity contribution in [3.8, 4) is 0 Å². The van der Waals surface area contributed by atoms with Crippen molar-refractivity contribution in [1.29, 1.82) is 0 Å². The van der Waals surface area contributed by atoms with Crippen molar-refractivity contribution in [2.75, 3.05) is 12.4 Å². The number of benzene rings is 1. The minimum atomic E-state index is -3.51. The Balaban J connectivity index is 2.83. The first kappa shape index (κ1) is 16.7. The average molecular weight is 298 g/mol. The third kappa shape index (κ3) is 4.61. The summed E-state index contributed by atoms with van der Waals surface area (Å²) in [4.78, 5) is 11.9. The summed E-state index contributed by atoms with van der Waals surface area (Å²) in [7, 11) is -2.14. The molecule has 1 aromatic carbocycles. The molecule has 0 bridgehead atoms. The van der Waals surface area contributed by atoms with Crippen molar-refractivity contribution in [3.05, 3.63) is 23.8 Å². The fraction of sp³-hybridized carbons (Fsp3) is 0.500. The number of rotatable bonds is 7. The lowest BCUT2D eigenvalue weighted by Gasteiger charge is -2.10. The smallest absolute Gasteiger partial charge is 0.240 e. The maximum absolute atomic E-state index is 11.8. The summed E-state index contributed by atoms with van der Waals surface area (Å²) in [6.07, 6.45) is 3.37. The molecule has 0 aliphatic rings. The van der Waals surface area contributed by atoms with Crippen molar-refractivity contribution in [1.82, 2.24) is 4.72 Å². The van der Waals surface area contributed by atoms with Gasteiger partial charge in [0.15, 0.2) is 0 Å². The molecule has 0 radical (unpaired) electrons. The number of hydrogen-bond acceptors (Lipinski definition) is 3. The third-order valence-corrected chi connectivity index (χ3v) is 4.59. The quantitative estimate of drug-likeness (QED) is 0.759. The molecular weight excluding hydrogens is 276 g/mol. The molecule has 0 heterocycles. The number of aryl methyl sites for hydroxylation is 1. The molecule has 0 atom stereocenters. The normalized spacial score (nSPS) is 11.3. The Morgan fingerprint density at radius 3 is 2.55 bits per heavy atom. The highest BCUT2D eigenvalue weighted by molar-refractivity contribution is 7.89. The second-order valence-corrected chi connectivity index (χ2v) is 6.55. The van der Waals surface area contributed by atoms with Crippen molar-refractivity contribution >= 4 is 21.6 Å². The van der Waals surface area contributed by atoms with Crippen LogP contribution in [-0.4, -0.2) is 21.4 Å². The predicted molar refractivity (Wildman–Crippen MR) is 80.2 cm³/mol. The van der Waals surface area contributed by atoms with E-state index >= 15 is 0 Å². The molecule has 0 aliphatic heterocycles. The van der Waals surface area contributed by atoms with Gasteiger partial charge in [-0.15, -0.1) is 0 Å². The monoisotopic (exact) mass is 298 g/mol. The van der Waals surface area contributed by atoms with E-state index in [0.717, 1.165) is 19.3 Å². The van der Waals surface area contributed by atoms with E-state index in [-0.39, 0.29) is 10.8 Å². The molecule has 20 heavy (non-hydrogen) atoms. The molecule has 0 aliphatic carbocycles. The Bertz CT molecular complexity index is 568. The SMILES string of the molecule is CCCCCC(=O)Nc1ccc(C)c(S(=O)(=O)NC)c1. The number of unbranched alkanes of at least 4 members (excludes halogenated alkanes) is 2. The molecule has 2 N–H and O–H groups in total. The Labute approximate surface area is 120 Å². The molecule has 5 nitrogen and oxygen atoms in total.